The Morgan fingerprint density at radius 3 is 2.67 bits per heavy atom. The summed E-state index contributed by atoms with van der Waals surface area (Å²) in [5.74, 6) is 0.979. The van der Waals surface area contributed by atoms with Crippen LogP contribution in [0.5, 0.6) is 0 Å². The maximum Gasteiger partial charge on any atom is 0.138 e. The van der Waals surface area contributed by atoms with Crippen LogP contribution in [-0.4, -0.2) is 31.3 Å². The van der Waals surface area contributed by atoms with Gasteiger partial charge in [-0.1, -0.05) is 6.92 Å². The van der Waals surface area contributed by atoms with Crippen molar-refractivity contribution < 1.29 is 0 Å². The standard InChI is InChI=1S/C12H18N6/c1-3-15-11(10-6-13-8-14-7-10)5-12-16-9-17-18(12)4-2/h6-9,11,15H,3-5H2,1-2H3. The third-order valence-corrected chi connectivity index (χ3v) is 2.82. The van der Waals surface area contributed by atoms with E-state index < -0.39 is 0 Å². The van der Waals surface area contributed by atoms with Crippen LogP contribution in [0, 0.1) is 0 Å². The molecule has 6 nitrogen and oxygen atoms in total. The Labute approximate surface area is 106 Å². The molecule has 0 saturated carbocycles. The molecule has 6 heteroatoms. The van der Waals surface area contributed by atoms with E-state index in [1.807, 2.05) is 17.1 Å². The summed E-state index contributed by atoms with van der Waals surface area (Å²) in [7, 11) is 0. The summed E-state index contributed by atoms with van der Waals surface area (Å²) in [4.78, 5) is 12.4. The van der Waals surface area contributed by atoms with Gasteiger partial charge in [-0.2, -0.15) is 5.10 Å². The molecule has 1 atom stereocenters. The molecule has 0 radical (unpaired) electrons. The molecule has 18 heavy (non-hydrogen) atoms. The van der Waals surface area contributed by atoms with Crippen LogP contribution >= 0.6 is 0 Å². The Morgan fingerprint density at radius 2 is 2.00 bits per heavy atom. The van der Waals surface area contributed by atoms with Gasteiger partial charge in [0.1, 0.15) is 18.5 Å². The maximum absolute atomic E-state index is 4.31. The average Bonchev–Trinajstić information content (AvgIpc) is 2.86. The van der Waals surface area contributed by atoms with Crippen LogP contribution in [-0.2, 0) is 13.0 Å². The van der Waals surface area contributed by atoms with Gasteiger partial charge in [0, 0.05) is 37.0 Å². The second-order valence-corrected chi connectivity index (χ2v) is 3.98. The second-order valence-electron chi connectivity index (χ2n) is 3.98. The number of hydrogen-bond acceptors (Lipinski definition) is 5. The predicted octanol–water partition coefficient (Wildman–Crippen LogP) is 0.981. The third-order valence-electron chi connectivity index (χ3n) is 2.82. The first kappa shape index (κ1) is 12.6. The molecular formula is C12H18N6. The number of nitrogens with one attached hydrogen (secondary N) is 1. The average molecular weight is 246 g/mol. The molecule has 0 spiro atoms. The smallest absolute Gasteiger partial charge is 0.138 e. The number of rotatable bonds is 6. The van der Waals surface area contributed by atoms with Gasteiger partial charge in [-0.15, -0.1) is 0 Å². The van der Waals surface area contributed by atoms with Crippen molar-refractivity contribution >= 4 is 0 Å². The minimum atomic E-state index is 0.172. The molecule has 96 valence electrons. The van der Waals surface area contributed by atoms with E-state index in [4.69, 9.17) is 0 Å². The summed E-state index contributed by atoms with van der Waals surface area (Å²) in [5, 5.41) is 7.62. The Morgan fingerprint density at radius 1 is 1.22 bits per heavy atom. The van der Waals surface area contributed by atoms with Gasteiger partial charge >= 0.3 is 0 Å². The molecule has 1 unspecified atom stereocenters. The molecule has 0 bridgehead atoms. The van der Waals surface area contributed by atoms with Crippen LogP contribution < -0.4 is 5.32 Å². The van der Waals surface area contributed by atoms with Crippen LogP contribution in [0.1, 0.15) is 31.3 Å². The Hall–Kier alpha value is -1.82. The lowest BCUT2D eigenvalue weighted by Gasteiger charge is -2.17. The van der Waals surface area contributed by atoms with Crippen LogP contribution in [0.4, 0.5) is 0 Å². The highest BCUT2D eigenvalue weighted by Gasteiger charge is 2.15. The second kappa shape index (κ2) is 6.20. The molecule has 0 amide bonds. The fourth-order valence-corrected chi connectivity index (χ4v) is 1.94. The minimum absolute atomic E-state index is 0.172. The van der Waals surface area contributed by atoms with Gasteiger partial charge in [-0.05, 0) is 13.5 Å². The number of nitrogens with zero attached hydrogens (tertiary/aromatic N) is 5. The first-order valence-corrected chi connectivity index (χ1v) is 6.20. The monoisotopic (exact) mass is 246 g/mol. The highest BCUT2D eigenvalue weighted by atomic mass is 15.3. The zero-order valence-corrected chi connectivity index (χ0v) is 10.7. The lowest BCUT2D eigenvalue weighted by atomic mass is 10.1. The molecular weight excluding hydrogens is 228 g/mol. The first-order chi connectivity index (χ1) is 8.85. The van der Waals surface area contributed by atoms with Gasteiger partial charge in [0.2, 0.25) is 0 Å². The fraction of sp³-hybridized carbons (Fsp3) is 0.500. The molecule has 2 aromatic heterocycles. The van der Waals surface area contributed by atoms with Gasteiger partial charge < -0.3 is 5.32 Å². The van der Waals surface area contributed by atoms with Gasteiger partial charge in [-0.25, -0.2) is 15.0 Å². The van der Waals surface area contributed by atoms with Gasteiger partial charge in [0.25, 0.3) is 0 Å². The number of aryl methyl sites for hydroxylation is 1. The maximum atomic E-state index is 4.31. The van der Waals surface area contributed by atoms with Crippen molar-refractivity contribution in [2.24, 2.45) is 0 Å². The molecule has 0 aliphatic carbocycles. The largest absolute Gasteiger partial charge is 0.310 e. The van der Waals surface area contributed by atoms with Crippen molar-refractivity contribution in [3.8, 4) is 0 Å². The molecule has 0 aliphatic rings. The molecule has 2 heterocycles. The molecule has 1 N–H and O–H groups in total. The zero-order valence-electron chi connectivity index (χ0n) is 10.7. The van der Waals surface area contributed by atoms with E-state index in [-0.39, 0.29) is 6.04 Å². The highest BCUT2D eigenvalue weighted by Crippen LogP contribution is 2.15. The van der Waals surface area contributed by atoms with Gasteiger partial charge in [-0.3, -0.25) is 4.68 Å². The van der Waals surface area contributed by atoms with Crippen molar-refractivity contribution in [1.82, 2.24) is 30.0 Å². The summed E-state index contributed by atoms with van der Waals surface area (Å²) in [6.45, 7) is 5.87. The number of aromatic nitrogens is 5. The van der Waals surface area contributed by atoms with Crippen molar-refractivity contribution in [3.05, 3.63) is 36.4 Å². The third kappa shape index (κ3) is 2.89. The van der Waals surface area contributed by atoms with E-state index in [9.17, 15) is 0 Å². The van der Waals surface area contributed by atoms with E-state index in [0.717, 1.165) is 30.9 Å². The predicted molar refractivity (Wildman–Crippen MR) is 67.8 cm³/mol. The summed E-state index contributed by atoms with van der Waals surface area (Å²) in [6, 6.07) is 0.172. The van der Waals surface area contributed by atoms with Crippen molar-refractivity contribution in [2.45, 2.75) is 32.9 Å². The van der Waals surface area contributed by atoms with Crippen molar-refractivity contribution in [2.75, 3.05) is 6.54 Å². The number of hydrogen-bond donors (Lipinski definition) is 1. The molecule has 0 fully saturated rings. The van der Waals surface area contributed by atoms with Crippen molar-refractivity contribution in [3.63, 3.8) is 0 Å². The summed E-state index contributed by atoms with van der Waals surface area (Å²) >= 11 is 0. The normalized spacial score (nSPS) is 12.6. The van der Waals surface area contributed by atoms with Crippen LogP contribution in [0.15, 0.2) is 25.0 Å². The SMILES string of the molecule is CCNC(Cc1ncnn1CC)c1cncnc1. The topological polar surface area (TPSA) is 68.5 Å². The fourth-order valence-electron chi connectivity index (χ4n) is 1.94. The summed E-state index contributed by atoms with van der Waals surface area (Å²) in [6.07, 6.45) is 7.61. The Balaban J connectivity index is 2.16. The Kier molecular flexibility index (Phi) is 4.35. The summed E-state index contributed by atoms with van der Waals surface area (Å²) in [5.41, 5.74) is 1.07. The van der Waals surface area contributed by atoms with Gasteiger partial charge in [0.05, 0.1) is 0 Å². The van der Waals surface area contributed by atoms with E-state index in [0.29, 0.717) is 0 Å². The number of likely N-dealkylation sites (N-methyl/N-ethyl adjacent to an activating group) is 1. The lowest BCUT2D eigenvalue weighted by molar-refractivity contribution is 0.507. The van der Waals surface area contributed by atoms with E-state index in [2.05, 4.69) is 39.2 Å². The quantitative estimate of drug-likeness (QED) is 0.823. The van der Waals surface area contributed by atoms with E-state index in [1.165, 1.54) is 0 Å². The van der Waals surface area contributed by atoms with Crippen LogP contribution in [0.3, 0.4) is 0 Å². The molecule has 0 aromatic carbocycles. The minimum Gasteiger partial charge on any atom is -0.310 e. The molecule has 0 saturated heterocycles. The van der Waals surface area contributed by atoms with E-state index >= 15 is 0 Å². The summed E-state index contributed by atoms with van der Waals surface area (Å²) < 4.78 is 1.91. The van der Waals surface area contributed by atoms with Crippen LogP contribution in [0.2, 0.25) is 0 Å². The molecule has 2 rings (SSSR count). The highest BCUT2D eigenvalue weighted by molar-refractivity contribution is 5.11. The van der Waals surface area contributed by atoms with Crippen LogP contribution in [0.25, 0.3) is 0 Å². The molecule has 0 aliphatic heterocycles. The van der Waals surface area contributed by atoms with Crippen molar-refractivity contribution in [1.29, 1.82) is 0 Å². The van der Waals surface area contributed by atoms with Gasteiger partial charge in [0.15, 0.2) is 0 Å². The first-order valence-electron chi connectivity index (χ1n) is 6.20. The lowest BCUT2D eigenvalue weighted by Crippen LogP contribution is -2.24. The Bertz CT molecular complexity index is 466. The van der Waals surface area contributed by atoms with E-state index in [1.54, 1.807) is 12.7 Å². The molecule has 2 aromatic rings. The zero-order chi connectivity index (χ0) is 12.8.